The highest BCUT2D eigenvalue weighted by Crippen LogP contribution is 2.25. The first-order valence-electron chi connectivity index (χ1n) is 5.06. The second-order valence-corrected chi connectivity index (χ2v) is 4.85. The summed E-state index contributed by atoms with van der Waals surface area (Å²) in [5, 5.41) is 12.3. The molecule has 0 aliphatic carbocycles. The molecule has 2 rings (SSSR count). The Kier molecular flexibility index (Phi) is 3.80. The summed E-state index contributed by atoms with van der Waals surface area (Å²) >= 11 is 9.12. The summed E-state index contributed by atoms with van der Waals surface area (Å²) < 4.78 is 0.877. The van der Waals surface area contributed by atoms with Gasteiger partial charge in [-0.1, -0.05) is 15.9 Å². The Bertz CT molecular complexity index is 636. The molecule has 1 aromatic heterocycles. The lowest BCUT2D eigenvalue weighted by molar-refractivity contribution is 1.13. The van der Waals surface area contributed by atoms with Crippen molar-refractivity contribution in [1.29, 1.82) is 5.26 Å². The molecule has 1 N–H and O–H groups in total. The Hall–Kier alpha value is -1.64. The zero-order valence-electron chi connectivity index (χ0n) is 9.41. The number of anilines is 2. The van der Waals surface area contributed by atoms with Gasteiger partial charge in [-0.2, -0.15) is 5.26 Å². The van der Waals surface area contributed by atoms with E-state index in [4.69, 9.17) is 16.9 Å². The molecule has 0 radical (unpaired) electrons. The number of benzene rings is 1. The summed E-state index contributed by atoms with van der Waals surface area (Å²) in [7, 11) is 0. The molecular weight excluding hydrogens is 316 g/mol. The van der Waals surface area contributed by atoms with Gasteiger partial charge in [-0.15, -0.1) is 0 Å². The molecular formula is C12H8BrClN4. The molecule has 2 aromatic rings. The summed E-state index contributed by atoms with van der Waals surface area (Å²) in [6.07, 6.45) is 1.63. The first-order chi connectivity index (χ1) is 8.60. The third kappa shape index (κ3) is 2.78. The fourth-order valence-electron chi connectivity index (χ4n) is 1.39. The van der Waals surface area contributed by atoms with Crippen LogP contribution in [0.1, 0.15) is 11.1 Å². The highest BCUT2D eigenvalue weighted by molar-refractivity contribution is 9.10. The number of rotatable bonds is 2. The van der Waals surface area contributed by atoms with Gasteiger partial charge in [-0.3, -0.25) is 0 Å². The van der Waals surface area contributed by atoms with E-state index in [1.165, 1.54) is 0 Å². The molecule has 90 valence electrons. The largest absolute Gasteiger partial charge is 0.339 e. The van der Waals surface area contributed by atoms with Gasteiger partial charge in [0, 0.05) is 16.2 Å². The standard InChI is InChI=1S/C12H8BrClN4/c1-7-6-16-12(14)18-11(7)17-10-4-9(13)3-2-8(10)5-15/h2-4,6H,1H3,(H,16,17,18). The number of hydrogen-bond donors (Lipinski definition) is 1. The van der Waals surface area contributed by atoms with Crippen molar-refractivity contribution < 1.29 is 0 Å². The Balaban J connectivity index is 2.43. The lowest BCUT2D eigenvalue weighted by Gasteiger charge is -2.10. The van der Waals surface area contributed by atoms with Crippen molar-refractivity contribution >= 4 is 39.0 Å². The minimum Gasteiger partial charge on any atom is -0.339 e. The molecule has 0 unspecified atom stereocenters. The number of nitrogens with zero attached hydrogens (tertiary/aromatic N) is 3. The monoisotopic (exact) mass is 322 g/mol. The van der Waals surface area contributed by atoms with Crippen LogP contribution in [0.15, 0.2) is 28.9 Å². The molecule has 0 saturated carbocycles. The molecule has 0 aliphatic rings. The highest BCUT2D eigenvalue weighted by Gasteiger charge is 2.07. The predicted molar refractivity (Wildman–Crippen MR) is 73.9 cm³/mol. The highest BCUT2D eigenvalue weighted by atomic mass is 79.9. The number of nitrogens with one attached hydrogen (secondary N) is 1. The minimum atomic E-state index is 0.164. The van der Waals surface area contributed by atoms with Crippen LogP contribution >= 0.6 is 27.5 Å². The Morgan fingerprint density at radius 1 is 1.44 bits per heavy atom. The maximum Gasteiger partial charge on any atom is 0.224 e. The van der Waals surface area contributed by atoms with Crippen molar-refractivity contribution in [2.45, 2.75) is 6.92 Å². The lowest BCUT2D eigenvalue weighted by Crippen LogP contribution is -2.00. The number of nitriles is 1. The third-order valence-corrected chi connectivity index (χ3v) is 2.97. The van der Waals surface area contributed by atoms with Crippen LogP contribution in [0.2, 0.25) is 5.28 Å². The average molecular weight is 324 g/mol. The van der Waals surface area contributed by atoms with E-state index < -0.39 is 0 Å². The maximum atomic E-state index is 9.05. The van der Waals surface area contributed by atoms with Crippen LogP contribution in [-0.4, -0.2) is 9.97 Å². The smallest absolute Gasteiger partial charge is 0.224 e. The van der Waals surface area contributed by atoms with Crippen LogP contribution in [0.5, 0.6) is 0 Å². The molecule has 6 heteroatoms. The van der Waals surface area contributed by atoms with Gasteiger partial charge in [0.25, 0.3) is 0 Å². The molecule has 0 saturated heterocycles. The number of aromatic nitrogens is 2. The van der Waals surface area contributed by atoms with E-state index in [0.29, 0.717) is 17.1 Å². The van der Waals surface area contributed by atoms with Crippen molar-refractivity contribution in [3.05, 3.63) is 45.3 Å². The second kappa shape index (κ2) is 5.34. The summed E-state index contributed by atoms with van der Waals surface area (Å²) in [5.41, 5.74) is 2.06. The van der Waals surface area contributed by atoms with Gasteiger partial charge in [0.05, 0.1) is 11.3 Å². The fourth-order valence-corrected chi connectivity index (χ4v) is 1.89. The van der Waals surface area contributed by atoms with E-state index in [9.17, 15) is 0 Å². The SMILES string of the molecule is Cc1cnc(Cl)nc1Nc1cc(Br)ccc1C#N. The topological polar surface area (TPSA) is 61.6 Å². The second-order valence-electron chi connectivity index (χ2n) is 3.60. The van der Waals surface area contributed by atoms with E-state index >= 15 is 0 Å². The van der Waals surface area contributed by atoms with Crippen molar-refractivity contribution in [3.8, 4) is 6.07 Å². The van der Waals surface area contributed by atoms with Crippen LogP contribution in [0, 0.1) is 18.3 Å². The number of aryl methyl sites for hydroxylation is 1. The summed E-state index contributed by atoms with van der Waals surface area (Å²) in [4.78, 5) is 7.97. The molecule has 18 heavy (non-hydrogen) atoms. The predicted octanol–water partition coefficient (Wildman–Crippen LogP) is 3.82. The summed E-state index contributed by atoms with van der Waals surface area (Å²) in [6, 6.07) is 7.47. The zero-order chi connectivity index (χ0) is 13.1. The van der Waals surface area contributed by atoms with Crippen molar-refractivity contribution in [2.75, 3.05) is 5.32 Å². The van der Waals surface area contributed by atoms with Crippen LogP contribution in [0.4, 0.5) is 11.5 Å². The van der Waals surface area contributed by atoms with E-state index in [0.717, 1.165) is 10.0 Å². The lowest BCUT2D eigenvalue weighted by atomic mass is 10.2. The van der Waals surface area contributed by atoms with Gasteiger partial charge in [0.15, 0.2) is 0 Å². The normalized spacial score (nSPS) is 9.89. The van der Waals surface area contributed by atoms with E-state index in [1.807, 2.05) is 19.1 Å². The van der Waals surface area contributed by atoms with E-state index in [-0.39, 0.29) is 5.28 Å². The summed E-state index contributed by atoms with van der Waals surface area (Å²) in [6.45, 7) is 1.86. The van der Waals surface area contributed by atoms with Crippen molar-refractivity contribution in [3.63, 3.8) is 0 Å². The van der Waals surface area contributed by atoms with Gasteiger partial charge in [0.2, 0.25) is 5.28 Å². The molecule has 0 bridgehead atoms. The molecule has 0 atom stereocenters. The van der Waals surface area contributed by atoms with Crippen LogP contribution < -0.4 is 5.32 Å². The van der Waals surface area contributed by atoms with E-state index in [2.05, 4.69) is 37.3 Å². The number of hydrogen-bond acceptors (Lipinski definition) is 4. The molecule has 0 fully saturated rings. The zero-order valence-corrected chi connectivity index (χ0v) is 11.7. The molecule has 0 aliphatic heterocycles. The van der Waals surface area contributed by atoms with Gasteiger partial charge < -0.3 is 5.32 Å². The molecule has 0 spiro atoms. The Morgan fingerprint density at radius 3 is 2.94 bits per heavy atom. The molecule has 1 heterocycles. The van der Waals surface area contributed by atoms with Gasteiger partial charge in [0.1, 0.15) is 11.9 Å². The Morgan fingerprint density at radius 2 is 2.22 bits per heavy atom. The van der Waals surface area contributed by atoms with Gasteiger partial charge in [-0.25, -0.2) is 9.97 Å². The first-order valence-corrected chi connectivity index (χ1v) is 6.23. The van der Waals surface area contributed by atoms with Crippen LogP contribution in [0.3, 0.4) is 0 Å². The number of halogens is 2. The van der Waals surface area contributed by atoms with Crippen LogP contribution in [0.25, 0.3) is 0 Å². The van der Waals surface area contributed by atoms with Crippen molar-refractivity contribution in [1.82, 2.24) is 9.97 Å². The first kappa shape index (κ1) is 12.8. The quantitative estimate of drug-likeness (QED) is 0.854. The molecule has 0 amide bonds. The fraction of sp³-hybridized carbons (Fsp3) is 0.0833. The van der Waals surface area contributed by atoms with Gasteiger partial charge in [-0.05, 0) is 36.7 Å². The van der Waals surface area contributed by atoms with Crippen LogP contribution in [-0.2, 0) is 0 Å². The van der Waals surface area contributed by atoms with Gasteiger partial charge >= 0.3 is 0 Å². The van der Waals surface area contributed by atoms with Crippen molar-refractivity contribution in [2.24, 2.45) is 0 Å². The minimum absolute atomic E-state index is 0.164. The Labute approximate surface area is 118 Å². The third-order valence-electron chi connectivity index (χ3n) is 2.30. The van der Waals surface area contributed by atoms with E-state index in [1.54, 1.807) is 12.3 Å². The molecule has 1 aromatic carbocycles. The average Bonchev–Trinajstić information content (AvgIpc) is 2.34. The summed E-state index contributed by atoms with van der Waals surface area (Å²) in [5.74, 6) is 0.588. The molecule has 4 nitrogen and oxygen atoms in total. The maximum absolute atomic E-state index is 9.05.